The van der Waals surface area contributed by atoms with Gasteiger partial charge in [0.15, 0.2) is 5.78 Å². The quantitative estimate of drug-likeness (QED) is 0.818. The van der Waals surface area contributed by atoms with E-state index in [1.807, 2.05) is 0 Å². The fourth-order valence-electron chi connectivity index (χ4n) is 3.80. The summed E-state index contributed by atoms with van der Waals surface area (Å²) in [4.78, 5) is 16.7. The van der Waals surface area contributed by atoms with E-state index in [0.29, 0.717) is 5.78 Å². The highest BCUT2D eigenvalue weighted by molar-refractivity contribution is 7.09. The van der Waals surface area contributed by atoms with E-state index in [2.05, 4.69) is 22.4 Å². The van der Waals surface area contributed by atoms with Crippen LogP contribution in [0, 0.1) is 0 Å². The number of carbonyl (C=O) groups excluding carboxylic acids is 1. The lowest BCUT2D eigenvalue weighted by molar-refractivity contribution is -0.130. The number of Topliss-reactive ketones (excluding diaryl/α,β-unsaturated/α-hetero) is 1. The Morgan fingerprint density at radius 3 is 2.58 bits per heavy atom. The lowest BCUT2D eigenvalue weighted by Gasteiger charge is -2.37. The van der Waals surface area contributed by atoms with Gasteiger partial charge in [0.1, 0.15) is 0 Å². The minimum absolute atomic E-state index is 0.0756. The van der Waals surface area contributed by atoms with Crippen LogP contribution in [0.15, 0.2) is 17.5 Å². The van der Waals surface area contributed by atoms with Crippen LogP contribution in [-0.2, 0) is 11.2 Å². The van der Waals surface area contributed by atoms with Crippen LogP contribution in [0.3, 0.4) is 0 Å². The molecule has 3 rings (SSSR count). The van der Waals surface area contributed by atoms with E-state index in [4.69, 9.17) is 0 Å². The zero-order valence-electron chi connectivity index (χ0n) is 11.6. The first-order valence-corrected chi connectivity index (χ1v) is 8.50. The molecule has 104 valence electrons. The Labute approximate surface area is 119 Å². The maximum atomic E-state index is 12.8. The summed E-state index contributed by atoms with van der Waals surface area (Å²) in [7, 11) is 0. The average molecular weight is 277 g/mol. The van der Waals surface area contributed by atoms with Crippen molar-refractivity contribution in [1.29, 1.82) is 0 Å². The molecular weight excluding hydrogens is 254 g/mol. The summed E-state index contributed by atoms with van der Waals surface area (Å²) in [5, 5.41) is 2.10. The molecule has 0 aromatic carbocycles. The van der Waals surface area contributed by atoms with Gasteiger partial charge in [0.2, 0.25) is 0 Å². The van der Waals surface area contributed by atoms with Crippen LogP contribution in [0.1, 0.15) is 49.8 Å². The lowest BCUT2D eigenvalue weighted by Crippen LogP contribution is -2.51. The number of thiophene rings is 1. The molecule has 2 fully saturated rings. The third kappa shape index (κ3) is 2.63. The first-order chi connectivity index (χ1) is 9.31. The van der Waals surface area contributed by atoms with E-state index >= 15 is 0 Å². The maximum absolute atomic E-state index is 12.8. The predicted octanol–water partition coefficient (Wildman–Crippen LogP) is 3.66. The molecule has 0 radical (unpaired) electrons. The highest BCUT2D eigenvalue weighted by Crippen LogP contribution is 2.39. The van der Waals surface area contributed by atoms with Crippen molar-refractivity contribution in [2.45, 2.75) is 56.9 Å². The molecule has 0 bridgehead atoms. The topological polar surface area (TPSA) is 20.3 Å². The van der Waals surface area contributed by atoms with Crippen molar-refractivity contribution in [3.63, 3.8) is 0 Å². The van der Waals surface area contributed by atoms with Gasteiger partial charge in [0.25, 0.3) is 0 Å². The van der Waals surface area contributed by atoms with Gasteiger partial charge in [-0.2, -0.15) is 0 Å². The van der Waals surface area contributed by atoms with Gasteiger partial charge in [0, 0.05) is 11.3 Å². The molecule has 0 amide bonds. The van der Waals surface area contributed by atoms with Gasteiger partial charge in [-0.1, -0.05) is 18.9 Å². The number of rotatable bonds is 5. The smallest absolute Gasteiger partial charge is 0.153 e. The number of hydrogen-bond acceptors (Lipinski definition) is 3. The van der Waals surface area contributed by atoms with E-state index in [-0.39, 0.29) is 5.54 Å². The average Bonchev–Trinajstić information content (AvgIpc) is 3.15. The molecule has 0 unspecified atom stereocenters. The molecule has 2 aliphatic rings. The van der Waals surface area contributed by atoms with Crippen LogP contribution in [0.25, 0.3) is 0 Å². The van der Waals surface area contributed by atoms with E-state index in [0.717, 1.165) is 38.8 Å². The zero-order valence-corrected chi connectivity index (χ0v) is 12.4. The Balaban J connectivity index is 1.67. The van der Waals surface area contributed by atoms with Crippen LogP contribution in [-0.4, -0.2) is 29.3 Å². The molecule has 0 N–H and O–H groups in total. The molecule has 2 nitrogen and oxygen atoms in total. The van der Waals surface area contributed by atoms with Crippen molar-refractivity contribution < 1.29 is 4.79 Å². The second-order valence-electron chi connectivity index (χ2n) is 5.94. The summed E-state index contributed by atoms with van der Waals surface area (Å²) in [5.74, 6) is 0.514. The van der Waals surface area contributed by atoms with Crippen molar-refractivity contribution in [3.05, 3.63) is 22.4 Å². The van der Waals surface area contributed by atoms with Crippen LogP contribution in [0.4, 0.5) is 0 Å². The van der Waals surface area contributed by atoms with Gasteiger partial charge >= 0.3 is 0 Å². The van der Waals surface area contributed by atoms with Crippen molar-refractivity contribution in [2.75, 3.05) is 13.1 Å². The standard InChI is InChI=1S/C16H23NOS/c18-15(8-7-14-6-5-13-19-14)16(9-1-2-10-16)17-11-3-4-12-17/h5-6,13H,1-4,7-12H2. The zero-order chi connectivity index (χ0) is 13.1. The van der Waals surface area contributed by atoms with E-state index in [1.165, 1.54) is 30.6 Å². The Morgan fingerprint density at radius 1 is 1.21 bits per heavy atom. The fourth-order valence-corrected chi connectivity index (χ4v) is 4.51. The first kappa shape index (κ1) is 13.3. The number of aryl methyl sites for hydroxylation is 1. The fraction of sp³-hybridized carbons (Fsp3) is 0.688. The Kier molecular flexibility index (Phi) is 4.04. The molecule has 2 heterocycles. The van der Waals surface area contributed by atoms with Gasteiger partial charge in [-0.05, 0) is 56.6 Å². The van der Waals surface area contributed by atoms with Gasteiger partial charge in [-0.3, -0.25) is 9.69 Å². The maximum Gasteiger partial charge on any atom is 0.153 e. The van der Waals surface area contributed by atoms with Crippen molar-refractivity contribution in [3.8, 4) is 0 Å². The summed E-state index contributed by atoms with van der Waals surface area (Å²) in [6, 6.07) is 4.23. The highest BCUT2D eigenvalue weighted by Gasteiger charge is 2.45. The van der Waals surface area contributed by atoms with Crippen LogP contribution >= 0.6 is 11.3 Å². The molecule has 1 aliphatic heterocycles. The molecule has 1 saturated carbocycles. The number of likely N-dealkylation sites (tertiary alicyclic amines) is 1. The molecule has 1 aromatic rings. The van der Waals surface area contributed by atoms with Gasteiger partial charge in [-0.15, -0.1) is 11.3 Å². The molecule has 3 heteroatoms. The predicted molar refractivity (Wildman–Crippen MR) is 79.7 cm³/mol. The largest absolute Gasteiger partial charge is 0.298 e. The Bertz CT molecular complexity index is 414. The second kappa shape index (κ2) is 5.76. The first-order valence-electron chi connectivity index (χ1n) is 7.62. The lowest BCUT2D eigenvalue weighted by atomic mass is 9.87. The van der Waals surface area contributed by atoms with Crippen molar-refractivity contribution in [2.24, 2.45) is 0 Å². The number of hydrogen-bond donors (Lipinski definition) is 0. The number of carbonyl (C=O) groups is 1. The van der Waals surface area contributed by atoms with E-state index in [1.54, 1.807) is 11.3 Å². The molecular formula is C16H23NOS. The Hall–Kier alpha value is -0.670. The molecule has 0 atom stereocenters. The molecule has 1 saturated heterocycles. The molecule has 1 aromatic heterocycles. The van der Waals surface area contributed by atoms with Crippen molar-refractivity contribution >= 4 is 17.1 Å². The summed E-state index contributed by atoms with van der Waals surface area (Å²) in [6.45, 7) is 2.29. The van der Waals surface area contributed by atoms with Crippen LogP contribution < -0.4 is 0 Å². The second-order valence-corrected chi connectivity index (χ2v) is 6.97. The van der Waals surface area contributed by atoms with Crippen LogP contribution in [0.5, 0.6) is 0 Å². The summed E-state index contributed by atoms with van der Waals surface area (Å²) >= 11 is 1.77. The SMILES string of the molecule is O=C(CCc1cccs1)C1(N2CCCC2)CCCC1. The van der Waals surface area contributed by atoms with Crippen molar-refractivity contribution in [1.82, 2.24) is 4.90 Å². The van der Waals surface area contributed by atoms with E-state index in [9.17, 15) is 4.79 Å². The molecule has 1 aliphatic carbocycles. The van der Waals surface area contributed by atoms with Gasteiger partial charge in [-0.25, -0.2) is 0 Å². The summed E-state index contributed by atoms with van der Waals surface area (Å²) in [6.07, 6.45) is 8.91. The molecule has 0 spiro atoms. The number of nitrogens with zero attached hydrogens (tertiary/aromatic N) is 1. The van der Waals surface area contributed by atoms with Gasteiger partial charge in [0.05, 0.1) is 5.54 Å². The molecule has 19 heavy (non-hydrogen) atoms. The summed E-state index contributed by atoms with van der Waals surface area (Å²) in [5.41, 5.74) is -0.0756. The third-order valence-electron chi connectivity index (χ3n) is 4.84. The third-order valence-corrected chi connectivity index (χ3v) is 5.78. The minimum Gasteiger partial charge on any atom is -0.298 e. The highest BCUT2D eigenvalue weighted by atomic mass is 32.1. The number of ketones is 1. The van der Waals surface area contributed by atoms with E-state index < -0.39 is 0 Å². The van der Waals surface area contributed by atoms with Crippen LogP contribution in [0.2, 0.25) is 0 Å². The monoisotopic (exact) mass is 277 g/mol. The minimum atomic E-state index is -0.0756. The Morgan fingerprint density at radius 2 is 1.95 bits per heavy atom. The van der Waals surface area contributed by atoms with Gasteiger partial charge < -0.3 is 0 Å². The normalized spacial score (nSPS) is 22.9. The summed E-state index contributed by atoms with van der Waals surface area (Å²) < 4.78 is 0.